The topological polar surface area (TPSA) is 81.8 Å². The third-order valence-electron chi connectivity index (χ3n) is 4.99. The summed E-state index contributed by atoms with van der Waals surface area (Å²) in [6.45, 7) is 0. The Labute approximate surface area is 177 Å². The van der Waals surface area contributed by atoms with Gasteiger partial charge in [-0.1, -0.05) is 36.4 Å². The molecule has 0 N–H and O–H groups in total. The maximum absolute atomic E-state index is 4.80. The van der Waals surface area contributed by atoms with E-state index in [1.165, 1.54) is 0 Å². The van der Waals surface area contributed by atoms with Gasteiger partial charge in [-0.05, 0) is 42.5 Å². The lowest BCUT2D eigenvalue weighted by Crippen LogP contribution is -2.02. The quantitative estimate of drug-likeness (QED) is 0.435. The van der Waals surface area contributed by atoms with E-state index in [2.05, 4.69) is 37.1 Å². The van der Waals surface area contributed by atoms with Crippen LogP contribution >= 0.6 is 0 Å². The number of benzene rings is 1. The second kappa shape index (κ2) is 7.07. The SMILES string of the molecule is c1ccc(-c2nc(-c3ccccn3)nc(-c3cc4ccc5ccccc5n4n3)n2)nc1. The summed E-state index contributed by atoms with van der Waals surface area (Å²) in [6.07, 6.45) is 3.44. The molecular formula is C24H15N7. The van der Waals surface area contributed by atoms with Crippen LogP contribution in [0, 0.1) is 0 Å². The highest BCUT2D eigenvalue weighted by atomic mass is 15.2. The van der Waals surface area contributed by atoms with Crippen molar-refractivity contribution in [1.82, 2.24) is 34.5 Å². The molecule has 7 heteroatoms. The van der Waals surface area contributed by atoms with Gasteiger partial charge in [-0.2, -0.15) is 5.10 Å². The maximum Gasteiger partial charge on any atom is 0.184 e. The summed E-state index contributed by atoms with van der Waals surface area (Å²) < 4.78 is 1.91. The first-order chi connectivity index (χ1) is 15.3. The smallest absolute Gasteiger partial charge is 0.184 e. The predicted molar refractivity (Wildman–Crippen MR) is 118 cm³/mol. The summed E-state index contributed by atoms with van der Waals surface area (Å²) in [5, 5.41) is 5.92. The Balaban J connectivity index is 1.58. The first kappa shape index (κ1) is 17.3. The normalized spacial score (nSPS) is 11.2. The number of aromatic nitrogens is 7. The standard InChI is InChI=1S/C24H15N7/c1-2-10-21-16(7-1)11-12-17-15-20(30-31(17)21)24-28-22(18-8-3-5-13-25-18)27-23(29-24)19-9-4-6-14-26-19/h1-15H. The summed E-state index contributed by atoms with van der Waals surface area (Å²) in [4.78, 5) is 22.8. The van der Waals surface area contributed by atoms with Crippen LogP contribution in [0.4, 0.5) is 0 Å². The van der Waals surface area contributed by atoms with E-state index in [1.54, 1.807) is 12.4 Å². The zero-order valence-corrected chi connectivity index (χ0v) is 16.3. The van der Waals surface area contributed by atoms with Gasteiger partial charge in [0.25, 0.3) is 0 Å². The number of hydrogen-bond donors (Lipinski definition) is 0. The van der Waals surface area contributed by atoms with Crippen molar-refractivity contribution in [3.05, 3.63) is 91.3 Å². The van der Waals surface area contributed by atoms with E-state index in [-0.39, 0.29) is 0 Å². The van der Waals surface area contributed by atoms with E-state index in [9.17, 15) is 0 Å². The highest BCUT2D eigenvalue weighted by Crippen LogP contribution is 2.24. The molecule has 7 nitrogen and oxygen atoms in total. The van der Waals surface area contributed by atoms with Gasteiger partial charge in [-0.3, -0.25) is 9.97 Å². The van der Waals surface area contributed by atoms with Gasteiger partial charge in [0.15, 0.2) is 17.5 Å². The Kier molecular flexibility index (Phi) is 3.96. The molecule has 0 spiro atoms. The Hall–Kier alpha value is -4.52. The van der Waals surface area contributed by atoms with Gasteiger partial charge in [0.1, 0.15) is 17.1 Å². The number of nitrogens with zero attached hydrogens (tertiary/aromatic N) is 7. The maximum atomic E-state index is 4.80. The fourth-order valence-corrected chi connectivity index (χ4v) is 3.52. The van der Waals surface area contributed by atoms with Crippen LogP contribution in [0.2, 0.25) is 0 Å². The van der Waals surface area contributed by atoms with E-state index in [4.69, 9.17) is 5.10 Å². The molecule has 0 aliphatic heterocycles. The second-order valence-corrected chi connectivity index (χ2v) is 6.99. The Bertz CT molecular complexity index is 1470. The number of para-hydroxylation sites is 1. The van der Waals surface area contributed by atoms with Crippen LogP contribution in [0.25, 0.3) is 51.0 Å². The van der Waals surface area contributed by atoms with Crippen molar-refractivity contribution in [2.24, 2.45) is 0 Å². The lowest BCUT2D eigenvalue weighted by Gasteiger charge is -2.05. The summed E-state index contributed by atoms with van der Waals surface area (Å²) in [5.41, 5.74) is 3.98. The molecule has 146 valence electrons. The van der Waals surface area contributed by atoms with Gasteiger partial charge >= 0.3 is 0 Å². The molecule has 6 aromatic rings. The monoisotopic (exact) mass is 401 g/mol. The molecule has 0 aliphatic rings. The fraction of sp³-hybridized carbons (Fsp3) is 0. The van der Waals surface area contributed by atoms with Gasteiger partial charge in [-0.25, -0.2) is 19.5 Å². The molecule has 5 heterocycles. The number of fused-ring (bicyclic) bond motifs is 3. The highest BCUT2D eigenvalue weighted by Gasteiger charge is 2.16. The van der Waals surface area contributed by atoms with Crippen LogP contribution in [0.15, 0.2) is 91.3 Å². The molecule has 0 atom stereocenters. The number of pyridine rings is 3. The fourth-order valence-electron chi connectivity index (χ4n) is 3.52. The number of hydrogen-bond acceptors (Lipinski definition) is 6. The summed E-state index contributed by atoms with van der Waals surface area (Å²) in [6, 6.07) is 25.5. The predicted octanol–water partition coefficient (Wildman–Crippen LogP) is 4.46. The van der Waals surface area contributed by atoms with Gasteiger partial charge in [0.05, 0.1) is 11.0 Å². The van der Waals surface area contributed by atoms with E-state index in [0.29, 0.717) is 34.6 Å². The minimum atomic E-state index is 0.476. The van der Waals surface area contributed by atoms with Crippen molar-refractivity contribution >= 4 is 16.4 Å². The first-order valence-electron chi connectivity index (χ1n) is 9.82. The minimum absolute atomic E-state index is 0.476. The molecule has 0 saturated carbocycles. The molecule has 0 aliphatic carbocycles. The molecule has 6 rings (SSSR count). The van der Waals surface area contributed by atoms with Crippen LogP contribution in [-0.4, -0.2) is 34.5 Å². The zero-order valence-electron chi connectivity index (χ0n) is 16.3. The van der Waals surface area contributed by atoms with Crippen LogP contribution < -0.4 is 0 Å². The van der Waals surface area contributed by atoms with Crippen molar-refractivity contribution < 1.29 is 0 Å². The van der Waals surface area contributed by atoms with Crippen LogP contribution in [0.1, 0.15) is 0 Å². The molecule has 0 saturated heterocycles. The Morgan fingerprint density at radius 3 is 1.81 bits per heavy atom. The van der Waals surface area contributed by atoms with Crippen molar-refractivity contribution in [1.29, 1.82) is 0 Å². The second-order valence-electron chi connectivity index (χ2n) is 6.99. The van der Waals surface area contributed by atoms with Crippen LogP contribution in [-0.2, 0) is 0 Å². The Morgan fingerprint density at radius 2 is 1.16 bits per heavy atom. The van der Waals surface area contributed by atoms with Crippen molar-refractivity contribution in [2.75, 3.05) is 0 Å². The zero-order chi connectivity index (χ0) is 20.6. The Morgan fingerprint density at radius 1 is 0.548 bits per heavy atom. The molecule has 0 radical (unpaired) electrons. The molecule has 0 amide bonds. The molecule has 0 unspecified atom stereocenters. The van der Waals surface area contributed by atoms with Gasteiger partial charge in [0, 0.05) is 17.8 Å². The van der Waals surface area contributed by atoms with E-state index in [0.717, 1.165) is 16.4 Å². The largest absolute Gasteiger partial charge is 0.253 e. The van der Waals surface area contributed by atoms with Crippen molar-refractivity contribution in [2.45, 2.75) is 0 Å². The van der Waals surface area contributed by atoms with E-state index < -0.39 is 0 Å². The minimum Gasteiger partial charge on any atom is -0.253 e. The highest BCUT2D eigenvalue weighted by molar-refractivity contribution is 5.83. The van der Waals surface area contributed by atoms with Crippen LogP contribution in [0.3, 0.4) is 0 Å². The third kappa shape index (κ3) is 3.08. The van der Waals surface area contributed by atoms with Crippen LogP contribution in [0.5, 0.6) is 0 Å². The summed E-state index contributed by atoms with van der Waals surface area (Å²) >= 11 is 0. The number of rotatable bonds is 3. The molecule has 0 bridgehead atoms. The lowest BCUT2D eigenvalue weighted by atomic mass is 10.2. The molecule has 5 aromatic heterocycles. The van der Waals surface area contributed by atoms with E-state index in [1.807, 2.05) is 71.2 Å². The van der Waals surface area contributed by atoms with Crippen molar-refractivity contribution in [3.8, 4) is 34.6 Å². The average molecular weight is 401 g/mol. The molecular weight excluding hydrogens is 386 g/mol. The third-order valence-corrected chi connectivity index (χ3v) is 4.99. The summed E-state index contributed by atoms with van der Waals surface area (Å²) in [7, 11) is 0. The average Bonchev–Trinajstić information content (AvgIpc) is 3.30. The first-order valence-corrected chi connectivity index (χ1v) is 9.82. The summed E-state index contributed by atoms with van der Waals surface area (Å²) in [5.74, 6) is 1.44. The molecule has 0 fully saturated rings. The van der Waals surface area contributed by atoms with Gasteiger partial charge in [0.2, 0.25) is 0 Å². The molecule has 31 heavy (non-hydrogen) atoms. The lowest BCUT2D eigenvalue weighted by molar-refractivity contribution is 0.980. The molecule has 1 aromatic carbocycles. The van der Waals surface area contributed by atoms with Crippen molar-refractivity contribution in [3.63, 3.8) is 0 Å². The van der Waals surface area contributed by atoms with Gasteiger partial charge < -0.3 is 0 Å². The van der Waals surface area contributed by atoms with Gasteiger partial charge in [-0.15, -0.1) is 0 Å². The van der Waals surface area contributed by atoms with E-state index >= 15 is 0 Å².